The second-order valence-electron chi connectivity index (χ2n) is 6.45. The van der Waals surface area contributed by atoms with Gasteiger partial charge in [-0.3, -0.25) is 0 Å². The summed E-state index contributed by atoms with van der Waals surface area (Å²) in [5.41, 5.74) is 8.08. The molecule has 4 heteroatoms. The standard InChI is InChI=1S/C17H27N3O/c1-11(2)9-10-13(5)20-14-7-6-8-15(21-12(3)4)16(14)19-17(20)18/h6-8,11-13H,9-10H2,1-5H3,(H2,18,19). The van der Waals surface area contributed by atoms with E-state index in [0.29, 0.717) is 17.9 Å². The van der Waals surface area contributed by atoms with Crippen molar-refractivity contribution in [1.82, 2.24) is 9.55 Å². The maximum atomic E-state index is 6.16. The van der Waals surface area contributed by atoms with E-state index in [0.717, 1.165) is 23.2 Å². The fourth-order valence-electron chi connectivity index (χ4n) is 2.63. The largest absolute Gasteiger partial charge is 0.489 e. The Morgan fingerprint density at radius 2 is 1.86 bits per heavy atom. The number of nitrogens with two attached hydrogens (primary N) is 1. The molecule has 1 aromatic carbocycles. The summed E-state index contributed by atoms with van der Waals surface area (Å²) in [4.78, 5) is 4.53. The molecule has 2 N–H and O–H groups in total. The van der Waals surface area contributed by atoms with Crippen LogP contribution in [0.5, 0.6) is 5.75 Å². The van der Waals surface area contributed by atoms with Crippen molar-refractivity contribution in [3.05, 3.63) is 18.2 Å². The van der Waals surface area contributed by atoms with Crippen LogP contribution in [0.2, 0.25) is 0 Å². The lowest BCUT2D eigenvalue weighted by atomic mass is 10.0. The van der Waals surface area contributed by atoms with Gasteiger partial charge in [-0.1, -0.05) is 19.9 Å². The number of hydrogen-bond donors (Lipinski definition) is 1. The molecule has 1 heterocycles. The van der Waals surface area contributed by atoms with Gasteiger partial charge >= 0.3 is 0 Å². The van der Waals surface area contributed by atoms with Crippen molar-refractivity contribution in [3.63, 3.8) is 0 Å². The summed E-state index contributed by atoms with van der Waals surface area (Å²) in [6.45, 7) is 10.7. The molecule has 116 valence electrons. The Morgan fingerprint density at radius 1 is 1.14 bits per heavy atom. The number of hydrogen-bond acceptors (Lipinski definition) is 3. The molecule has 0 aliphatic carbocycles. The number of anilines is 1. The molecular weight excluding hydrogens is 262 g/mol. The topological polar surface area (TPSA) is 53.1 Å². The fraction of sp³-hybridized carbons (Fsp3) is 0.588. The average Bonchev–Trinajstić information content (AvgIpc) is 2.73. The van der Waals surface area contributed by atoms with Gasteiger partial charge in [0.2, 0.25) is 5.95 Å². The van der Waals surface area contributed by atoms with E-state index in [1.165, 1.54) is 6.42 Å². The molecule has 4 nitrogen and oxygen atoms in total. The normalized spacial score (nSPS) is 13.3. The van der Waals surface area contributed by atoms with Gasteiger partial charge in [-0.15, -0.1) is 0 Å². The quantitative estimate of drug-likeness (QED) is 0.857. The molecule has 1 aromatic heterocycles. The summed E-state index contributed by atoms with van der Waals surface area (Å²) in [6, 6.07) is 6.37. The second-order valence-corrected chi connectivity index (χ2v) is 6.45. The lowest BCUT2D eigenvalue weighted by molar-refractivity contribution is 0.245. The lowest BCUT2D eigenvalue weighted by Crippen LogP contribution is -2.09. The summed E-state index contributed by atoms with van der Waals surface area (Å²) >= 11 is 0. The number of fused-ring (bicyclic) bond motifs is 1. The number of ether oxygens (including phenoxy) is 1. The van der Waals surface area contributed by atoms with Gasteiger partial charge < -0.3 is 15.0 Å². The van der Waals surface area contributed by atoms with Crippen molar-refractivity contribution < 1.29 is 4.74 Å². The summed E-state index contributed by atoms with van der Waals surface area (Å²) in [5.74, 6) is 2.08. The molecule has 0 aliphatic rings. The first-order chi connectivity index (χ1) is 9.90. The van der Waals surface area contributed by atoms with Gasteiger partial charge in [0.05, 0.1) is 11.6 Å². The van der Waals surface area contributed by atoms with E-state index in [-0.39, 0.29) is 6.10 Å². The molecule has 0 bridgehead atoms. The van der Waals surface area contributed by atoms with Crippen LogP contribution in [0.4, 0.5) is 5.95 Å². The first-order valence-corrected chi connectivity index (χ1v) is 7.83. The Morgan fingerprint density at radius 3 is 2.48 bits per heavy atom. The van der Waals surface area contributed by atoms with Crippen LogP contribution >= 0.6 is 0 Å². The van der Waals surface area contributed by atoms with Crippen LogP contribution in [0.15, 0.2) is 18.2 Å². The minimum absolute atomic E-state index is 0.125. The van der Waals surface area contributed by atoms with E-state index in [2.05, 4.69) is 36.4 Å². The zero-order valence-electron chi connectivity index (χ0n) is 13.8. The number of rotatable bonds is 6. The summed E-state index contributed by atoms with van der Waals surface area (Å²) in [5, 5.41) is 0. The zero-order valence-corrected chi connectivity index (χ0v) is 13.8. The molecule has 2 rings (SSSR count). The van der Waals surface area contributed by atoms with Crippen LogP contribution in [-0.2, 0) is 0 Å². The molecular formula is C17H27N3O. The Balaban J connectivity index is 2.38. The lowest BCUT2D eigenvalue weighted by Gasteiger charge is -2.17. The third-order valence-corrected chi connectivity index (χ3v) is 3.68. The van der Waals surface area contributed by atoms with Crippen molar-refractivity contribution in [1.29, 1.82) is 0 Å². The maximum Gasteiger partial charge on any atom is 0.201 e. The van der Waals surface area contributed by atoms with Crippen LogP contribution in [0.3, 0.4) is 0 Å². The van der Waals surface area contributed by atoms with Crippen molar-refractivity contribution >= 4 is 17.0 Å². The molecule has 0 amide bonds. The molecule has 0 radical (unpaired) electrons. The van der Waals surface area contributed by atoms with Crippen LogP contribution < -0.4 is 10.5 Å². The Labute approximate surface area is 127 Å². The van der Waals surface area contributed by atoms with Gasteiger partial charge in [0, 0.05) is 6.04 Å². The third-order valence-electron chi connectivity index (χ3n) is 3.68. The summed E-state index contributed by atoms with van der Waals surface area (Å²) < 4.78 is 7.97. The highest BCUT2D eigenvalue weighted by Gasteiger charge is 2.17. The molecule has 0 spiro atoms. The second kappa shape index (κ2) is 6.37. The first-order valence-electron chi connectivity index (χ1n) is 7.83. The van der Waals surface area contributed by atoms with Gasteiger partial charge in [-0.2, -0.15) is 0 Å². The molecule has 0 saturated heterocycles. The number of imidazole rings is 1. The number of nitrogen functional groups attached to an aromatic ring is 1. The highest BCUT2D eigenvalue weighted by Crippen LogP contribution is 2.31. The first kappa shape index (κ1) is 15.7. The highest BCUT2D eigenvalue weighted by atomic mass is 16.5. The van der Waals surface area contributed by atoms with E-state index < -0.39 is 0 Å². The van der Waals surface area contributed by atoms with Crippen LogP contribution in [0.1, 0.15) is 53.5 Å². The van der Waals surface area contributed by atoms with Crippen LogP contribution in [-0.4, -0.2) is 15.7 Å². The van der Waals surface area contributed by atoms with E-state index in [1.54, 1.807) is 0 Å². The van der Waals surface area contributed by atoms with E-state index in [1.807, 2.05) is 26.0 Å². The predicted octanol–water partition coefficient (Wildman–Crippen LogP) is 4.40. The molecule has 2 aromatic rings. The van der Waals surface area contributed by atoms with Gasteiger partial charge in [0.1, 0.15) is 11.3 Å². The molecule has 0 saturated carbocycles. The third kappa shape index (κ3) is 3.49. The highest BCUT2D eigenvalue weighted by molar-refractivity contribution is 5.84. The molecule has 0 aliphatic heterocycles. The Kier molecular flexibility index (Phi) is 4.76. The number of aromatic nitrogens is 2. The van der Waals surface area contributed by atoms with Crippen molar-refractivity contribution in [3.8, 4) is 5.75 Å². The zero-order chi connectivity index (χ0) is 15.6. The van der Waals surface area contributed by atoms with Crippen molar-refractivity contribution in [2.45, 2.75) is 59.6 Å². The minimum atomic E-state index is 0.125. The minimum Gasteiger partial charge on any atom is -0.489 e. The Hall–Kier alpha value is -1.71. The number of para-hydroxylation sites is 1. The van der Waals surface area contributed by atoms with E-state index in [9.17, 15) is 0 Å². The van der Waals surface area contributed by atoms with Gasteiger partial charge in [-0.05, 0) is 51.7 Å². The van der Waals surface area contributed by atoms with E-state index in [4.69, 9.17) is 10.5 Å². The number of benzene rings is 1. The van der Waals surface area contributed by atoms with Gasteiger partial charge in [0.15, 0.2) is 0 Å². The van der Waals surface area contributed by atoms with Crippen molar-refractivity contribution in [2.75, 3.05) is 5.73 Å². The van der Waals surface area contributed by atoms with Gasteiger partial charge in [0.25, 0.3) is 0 Å². The molecule has 0 fully saturated rings. The SMILES string of the molecule is CC(C)CCC(C)n1c(N)nc2c(OC(C)C)cccc21. The Bertz CT molecular complexity index is 601. The molecule has 1 unspecified atom stereocenters. The maximum absolute atomic E-state index is 6.16. The summed E-state index contributed by atoms with van der Waals surface area (Å²) in [6.07, 6.45) is 2.41. The smallest absolute Gasteiger partial charge is 0.201 e. The van der Waals surface area contributed by atoms with E-state index >= 15 is 0 Å². The molecule has 1 atom stereocenters. The molecule has 21 heavy (non-hydrogen) atoms. The summed E-state index contributed by atoms with van der Waals surface area (Å²) in [7, 11) is 0. The monoisotopic (exact) mass is 289 g/mol. The number of nitrogens with zero attached hydrogens (tertiary/aromatic N) is 2. The predicted molar refractivity (Wildman–Crippen MR) is 88.7 cm³/mol. The van der Waals surface area contributed by atoms with Crippen LogP contribution in [0.25, 0.3) is 11.0 Å². The van der Waals surface area contributed by atoms with Crippen molar-refractivity contribution in [2.24, 2.45) is 5.92 Å². The fourth-order valence-corrected chi connectivity index (χ4v) is 2.63. The average molecular weight is 289 g/mol. The van der Waals surface area contributed by atoms with Gasteiger partial charge in [-0.25, -0.2) is 4.98 Å². The van der Waals surface area contributed by atoms with Crippen LogP contribution in [0, 0.1) is 5.92 Å².